The highest BCUT2D eigenvalue weighted by Gasteiger charge is 2.34. The number of rotatable bonds is 4. The van der Waals surface area contributed by atoms with E-state index in [0.29, 0.717) is 12.0 Å². The van der Waals surface area contributed by atoms with Crippen LogP contribution in [0.2, 0.25) is 0 Å². The van der Waals surface area contributed by atoms with Gasteiger partial charge in [-0.3, -0.25) is 14.4 Å². The van der Waals surface area contributed by atoms with E-state index in [4.69, 9.17) is 24.7 Å². The topological polar surface area (TPSA) is 163 Å². The van der Waals surface area contributed by atoms with Gasteiger partial charge >= 0.3 is 6.09 Å². The van der Waals surface area contributed by atoms with Crippen LogP contribution >= 0.6 is 0 Å². The third-order valence-electron chi connectivity index (χ3n) is 6.95. The van der Waals surface area contributed by atoms with Gasteiger partial charge in [-0.2, -0.15) is 0 Å². The summed E-state index contributed by atoms with van der Waals surface area (Å²) < 4.78 is 21.7. The highest BCUT2D eigenvalue weighted by atomic mass is 16.6. The Morgan fingerprint density at radius 3 is 2.35 bits per heavy atom. The van der Waals surface area contributed by atoms with Crippen molar-refractivity contribution in [2.75, 3.05) is 21.3 Å². The van der Waals surface area contributed by atoms with Crippen molar-refractivity contribution in [1.29, 1.82) is 0 Å². The van der Waals surface area contributed by atoms with Crippen LogP contribution in [0, 0.1) is 11.8 Å². The minimum atomic E-state index is -1.00. The first-order valence-electron chi connectivity index (χ1n) is 13.0. The lowest BCUT2D eigenvalue weighted by Gasteiger charge is -2.29. The van der Waals surface area contributed by atoms with Crippen LogP contribution in [0.3, 0.4) is 0 Å². The number of amides is 2. The van der Waals surface area contributed by atoms with Crippen LogP contribution in [0.5, 0.6) is 0 Å². The Hall–Kier alpha value is -3.54. The molecule has 11 heteroatoms. The van der Waals surface area contributed by atoms with E-state index in [1.807, 2.05) is 6.92 Å². The van der Waals surface area contributed by atoms with Crippen molar-refractivity contribution in [3.63, 3.8) is 0 Å². The molecule has 40 heavy (non-hydrogen) atoms. The fourth-order valence-corrected chi connectivity index (χ4v) is 4.78. The Kier molecular flexibility index (Phi) is 12.0. The zero-order chi connectivity index (χ0) is 30.1. The lowest BCUT2D eigenvalue weighted by Crippen LogP contribution is -2.37. The Balaban J connectivity index is 2.60. The van der Waals surface area contributed by atoms with Crippen LogP contribution in [0.15, 0.2) is 58.6 Å². The second-order valence-corrected chi connectivity index (χ2v) is 10.1. The second kappa shape index (κ2) is 14.7. The quantitative estimate of drug-likeness (QED) is 0.346. The molecule has 1 aliphatic carbocycles. The molecule has 0 fully saturated rings. The number of methoxy groups -OCH3 is 3. The van der Waals surface area contributed by atoms with E-state index in [1.54, 1.807) is 32.1 Å². The molecule has 4 N–H and O–H groups in total. The second-order valence-electron chi connectivity index (χ2n) is 10.1. The summed E-state index contributed by atoms with van der Waals surface area (Å²) in [5, 5.41) is 13.7. The number of ketones is 2. The number of aliphatic hydroxyl groups is 1. The zero-order valence-corrected chi connectivity index (χ0v) is 24.1. The molecule has 2 unspecified atom stereocenters. The fraction of sp³-hybridized carbons (Fsp3) is 0.517. The maximum Gasteiger partial charge on any atom is 0.405 e. The molecular weight excluding hydrogens is 520 g/mol. The van der Waals surface area contributed by atoms with E-state index in [9.17, 15) is 24.3 Å². The predicted molar refractivity (Wildman–Crippen MR) is 147 cm³/mol. The molecule has 2 amide bonds. The molecule has 0 aromatic heterocycles. The molecule has 0 aromatic rings. The third kappa shape index (κ3) is 8.23. The molecule has 0 saturated heterocycles. The molecule has 11 nitrogen and oxygen atoms in total. The van der Waals surface area contributed by atoms with Gasteiger partial charge in [0, 0.05) is 37.4 Å². The first kappa shape index (κ1) is 32.7. The first-order valence-corrected chi connectivity index (χ1v) is 13.0. The molecule has 220 valence electrons. The normalized spacial score (nSPS) is 32.7. The molecule has 2 bridgehead atoms. The number of hydrogen-bond donors (Lipinski definition) is 3. The average Bonchev–Trinajstić information content (AvgIpc) is 2.90. The van der Waals surface area contributed by atoms with E-state index in [1.165, 1.54) is 34.3 Å². The molecule has 0 saturated carbocycles. The Morgan fingerprint density at radius 1 is 1.10 bits per heavy atom. The number of aliphatic hydroxyl groups excluding tert-OH is 1. The van der Waals surface area contributed by atoms with Crippen molar-refractivity contribution in [3.05, 3.63) is 58.6 Å². The van der Waals surface area contributed by atoms with E-state index in [-0.39, 0.29) is 34.9 Å². The van der Waals surface area contributed by atoms with Crippen LogP contribution in [-0.4, -0.2) is 74.4 Å². The summed E-state index contributed by atoms with van der Waals surface area (Å²) in [4.78, 5) is 50.6. The standard InChI is InChI=1S/C29H40N2O9/c1-15-11-19-25(34)20(14-21(32)27(19)39-7)31-28(35)16(2)9-8-10-22(37-5)26(40-29(30)36)18(4)13-17(3)24(33)23(12-15)38-6/h8-10,13-15,17,22-24,26,33H,11-12H2,1-7H3,(H2,30,36)(H,31,35)/b10-8+,16-9-,18-13+/t15-,17+,22+,23?,24-,26?/m1/s1. The maximum atomic E-state index is 13.3. The number of nitrogens with one attached hydrogen (secondary N) is 1. The molecule has 2 rings (SSSR count). The number of hydrogen-bond acceptors (Lipinski definition) is 9. The van der Waals surface area contributed by atoms with Crippen LogP contribution in [0.1, 0.15) is 40.5 Å². The SMILES string of the molecule is COC1=C2C[C@@H](C)CC(OC)[C@H](O)[C@@H](C)/C=C(\C)C(OC(N)=O)[C@@H](OC)/C=C/C=C(/C)C(=O)NC(=CC1=O)C2=O. The minimum absolute atomic E-state index is 0.0801. The van der Waals surface area contributed by atoms with Crippen LogP contribution in [0.25, 0.3) is 0 Å². The third-order valence-corrected chi connectivity index (χ3v) is 6.95. The van der Waals surface area contributed by atoms with Gasteiger partial charge in [0.2, 0.25) is 11.6 Å². The van der Waals surface area contributed by atoms with Crippen molar-refractivity contribution in [2.24, 2.45) is 17.6 Å². The maximum absolute atomic E-state index is 13.3. The van der Waals surface area contributed by atoms with Crippen LogP contribution in [0.4, 0.5) is 4.79 Å². The number of carbonyl (C=O) groups excluding carboxylic acids is 4. The van der Waals surface area contributed by atoms with E-state index >= 15 is 0 Å². The molecule has 2 aliphatic rings. The van der Waals surface area contributed by atoms with Gasteiger partial charge in [0.15, 0.2) is 11.9 Å². The van der Waals surface area contributed by atoms with E-state index in [2.05, 4.69) is 5.32 Å². The first-order chi connectivity index (χ1) is 18.8. The summed E-state index contributed by atoms with van der Waals surface area (Å²) in [6.07, 6.45) is 3.61. The van der Waals surface area contributed by atoms with Crippen molar-refractivity contribution < 1.29 is 43.2 Å². The van der Waals surface area contributed by atoms with Gasteiger partial charge in [-0.05, 0) is 38.2 Å². The molecule has 1 aliphatic heterocycles. The molecule has 0 aromatic carbocycles. The Morgan fingerprint density at radius 2 is 1.77 bits per heavy atom. The summed E-state index contributed by atoms with van der Waals surface area (Å²) in [6, 6.07) is 0. The summed E-state index contributed by atoms with van der Waals surface area (Å²) in [5.74, 6) is -2.39. The lowest BCUT2D eigenvalue weighted by atomic mass is 9.85. The number of ether oxygens (including phenoxy) is 4. The molecule has 0 spiro atoms. The summed E-state index contributed by atoms with van der Waals surface area (Å²) >= 11 is 0. The Bertz CT molecular complexity index is 1150. The van der Waals surface area contributed by atoms with Gasteiger partial charge in [0.1, 0.15) is 6.10 Å². The summed E-state index contributed by atoms with van der Waals surface area (Å²) in [5.41, 5.74) is 6.12. The van der Waals surface area contributed by atoms with Crippen molar-refractivity contribution in [3.8, 4) is 0 Å². The van der Waals surface area contributed by atoms with Crippen molar-refractivity contribution >= 4 is 23.6 Å². The number of Topliss-reactive ketones (excluding diaryl/α,β-unsaturated/α-hetero) is 1. The average molecular weight is 561 g/mol. The monoisotopic (exact) mass is 560 g/mol. The van der Waals surface area contributed by atoms with E-state index < -0.39 is 53.9 Å². The summed E-state index contributed by atoms with van der Waals surface area (Å²) in [6.45, 7) is 6.92. The van der Waals surface area contributed by atoms with E-state index in [0.717, 1.165) is 6.08 Å². The fourth-order valence-electron chi connectivity index (χ4n) is 4.78. The van der Waals surface area contributed by atoms with Crippen LogP contribution < -0.4 is 11.1 Å². The minimum Gasteiger partial charge on any atom is -0.492 e. The van der Waals surface area contributed by atoms with Gasteiger partial charge in [-0.15, -0.1) is 0 Å². The van der Waals surface area contributed by atoms with Gasteiger partial charge in [0.05, 0.1) is 25.0 Å². The molecule has 0 radical (unpaired) electrons. The Labute approximate surface area is 234 Å². The lowest BCUT2D eigenvalue weighted by molar-refractivity contribution is -0.120. The summed E-state index contributed by atoms with van der Waals surface area (Å²) in [7, 11) is 4.21. The largest absolute Gasteiger partial charge is 0.492 e. The number of fused-ring (bicyclic) bond motifs is 2. The van der Waals surface area contributed by atoms with Gasteiger partial charge in [-0.25, -0.2) is 4.79 Å². The van der Waals surface area contributed by atoms with Crippen molar-refractivity contribution in [1.82, 2.24) is 5.32 Å². The number of carbonyl (C=O) groups is 4. The van der Waals surface area contributed by atoms with Crippen molar-refractivity contribution in [2.45, 2.75) is 65.0 Å². The molecule has 6 atom stereocenters. The smallest absolute Gasteiger partial charge is 0.405 e. The zero-order valence-electron chi connectivity index (χ0n) is 24.1. The number of nitrogens with two attached hydrogens (primary N) is 1. The molecular formula is C29H40N2O9. The highest BCUT2D eigenvalue weighted by Crippen LogP contribution is 2.29. The van der Waals surface area contributed by atoms with Gasteiger partial charge < -0.3 is 35.1 Å². The molecule has 1 heterocycles. The highest BCUT2D eigenvalue weighted by molar-refractivity contribution is 6.23. The van der Waals surface area contributed by atoms with Crippen LogP contribution in [-0.2, 0) is 33.3 Å². The number of primary amides is 1. The van der Waals surface area contributed by atoms with Gasteiger partial charge in [0.25, 0.3) is 5.91 Å². The predicted octanol–water partition coefficient (Wildman–Crippen LogP) is 2.41. The number of allylic oxidation sites excluding steroid dienone is 4. The van der Waals surface area contributed by atoms with Gasteiger partial charge in [-0.1, -0.05) is 38.2 Å².